The van der Waals surface area contributed by atoms with Crippen molar-refractivity contribution in [1.29, 1.82) is 0 Å². The van der Waals surface area contributed by atoms with Gasteiger partial charge >= 0.3 is 5.97 Å². The number of phenols is 1. The molecule has 0 atom stereocenters. The van der Waals surface area contributed by atoms with Gasteiger partial charge in [0, 0.05) is 22.9 Å². The van der Waals surface area contributed by atoms with E-state index in [0.29, 0.717) is 45.5 Å². The molecule has 0 saturated carbocycles. The molecule has 3 aromatic rings. The van der Waals surface area contributed by atoms with Gasteiger partial charge in [-0.25, -0.2) is 4.79 Å². The Morgan fingerprint density at radius 1 is 0.919 bits per heavy atom. The molecule has 0 aliphatic rings. The quantitative estimate of drug-likeness (QED) is 0.0995. The molecule has 0 heterocycles. The van der Waals surface area contributed by atoms with E-state index in [1.807, 2.05) is 19.1 Å². The Balaban J connectivity index is 1.53. The van der Waals surface area contributed by atoms with E-state index in [4.69, 9.17) is 21.1 Å². The fourth-order valence-corrected chi connectivity index (χ4v) is 4.06. The van der Waals surface area contributed by atoms with Crippen LogP contribution in [0.4, 0.5) is 5.69 Å². The topological polar surface area (TPSA) is 68.1 Å². The number of carbonyl (C=O) groups is 1. The predicted octanol–water partition coefficient (Wildman–Crippen LogP) is 8.84. The Bertz CT molecular complexity index is 1170. The van der Waals surface area contributed by atoms with Gasteiger partial charge in [0.05, 0.1) is 17.9 Å². The molecule has 0 bridgehead atoms. The van der Waals surface area contributed by atoms with Crippen LogP contribution in [-0.2, 0) is 0 Å². The van der Waals surface area contributed by atoms with E-state index in [9.17, 15) is 9.90 Å². The third-order valence-electron chi connectivity index (χ3n) is 6.16. The van der Waals surface area contributed by atoms with E-state index in [2.05, 4.69) is 11.9 Å². The number of esters is 1. The van der Waals surface area contributed by atoms with Crippen molar-refractivity contribution in [2.45, 2.75) is 65.2 Å². The molecule has 196 valence electrons. The largest absolute Gasteiger partial charge is 0.507 e. The molecule has 0 spiro atoms. The molecule has 0 unspecified atom stereocenters. The summed E-state index contributed by atoms with van der Waals surface area (Å²) in [4.78, 5) is 17.2. The number of aliphatic imine (C=N–C) groups is 1. The van der Waals surface area contributed by atoms with Crippen LogP contribution in [0.15, 0.2) is 65.7 Å². The summed E-state index contributed by atoms with van der Waals surface area (Å²) in [6.45, 7) is 4.69. The van der Waals surface area contributed by atoms with Gasteiger partial charge in [0.1, 0.15) is 17.2 Å². The predicted molar refractivity (Wildman–Crippen MR) is 151 cm³/mol. The number of unbranched alkanes of at least 4 members (excludes halogenated alkanes) is 7. The number of rotatable bonds is 14. The maximum Gasteiger partial charge on any atom is 0.343 e. The van der Waals surface area contributed by atoms with Crippen LogP contribution < -0.4 is 9.47 Å². The Morgan fingerprint density at radius 2 is 1.59 bits per heavy atom. The molecule has 0 radical (unpaired) electrons. The smallest absolute Gasteiger partial charge is 0.343 e. The first kappa shape index (κ1) is 28.3. The number of carbonyl (C=O) groups excluding carboxylic acids is 1. The Hall–Kier alpha value is -3.31. The lowest BCUT2D eigenvalue weighted by Gasteiger charge is -2.09. The highest BCUT2D eigenvalue weighted by atomic mass is 35.5. The molecular formula is C31H36ClNO4. The van der Waals surface area contributed by atoms with Gasteiger partial charge in [-0.3, -0.25) is 4.99 Å². The second kappa shape index (κ2) is 15.1. The number of hydrogen-bond acceptors (Lipinski definition) is 5. The van der Waals surface area contributed by atoms with Gasteiger partial charge in [-0.05, 0) is 67.4 Å². The van der Waals surface area contributed by atoms with Crippen molar-refractivity contribution >= 4 is 29.5 Å². The zero-order valence-electron chi connectivity index (χ0n) is 21.7. The Morgan fingerprint density at radius 3 is 2.30 bits per heavy atom. The lowest BCUT2D eigenvalue weighted by Crippen LogP contribution is -2.10. The van der Waals surface area contributed by atoms with E-state index in [0.717, 1.165) is 12.8 Å². The first-order chi connectivity index (χ1) is 18.0. The van der Waals surface area contributed by atoms with Crippen LogP contribution in [0.5, 0.6) is 17.2 Å². The molecule has 3 aromatic carbocycles. The van der Waals surface area contributed by atoms with Crippen LogP contribution >= 0.6 is 11.6 Å². The lowest BCUT2D eigenvalue weighted by atomic mass is 10.1. The number of ether oxygens (including phenoxy) is 2. The summed E-state index contributed by atoms with van der Waals surface area (Å²) in [6, 6.07) is 17.1. The molecule has 0 saturated heterocycles. The third-order valence-corrected chi connectivity index (χ3v) is 6.41. The zero-order chi connectivity index (χ0) is 26.5. The van der Waals surface area contributed by atoms with Crippen molar-refractivity contribution in [3.8, 4) is 17.2 Å². The molecule has 1 N–H and O–H groups in total. The van der Waals surface area contributed by atoms with E-state index in [1.54, 1.807) is 54.7 Å². The van der Waals surface area contributed by atoms with Gasteiger partial charge in [-0.2, -0.15) is 0 Å². The minimum atomic E-state index is -0.474. The van der Waals surface area contributed by atoms with E-state index < -0.39 is 5.97 Å². The molecule has 0 aliphatic heterocycles. The Labute approximate surface area is 225 Å². The average molecular weight is 522 g/mol. The van der Waals surface area contributed by atoms with Crippen molar-refractivity contribution in [3.63, 3.8) is 0 Å². The fraction of sp³-hybridized carbons (Fsp3) is 0.355. The van der Waals surface area contributed by atoms with Gasteiger partial charge in [0.25, 0.3) is 0 Å². The van der Waals surface area contributed by atoms with Gasteiger partial charge in [-0.1, -0.05) is 69.5 Å². The van der Waals surface area contributed by atoms with E-state index in [-0.39, 0.29) is 5.75 Å². The van der Waals surface area contributed by atoms with Crippen molar-refractivity contribution in [2.75, 3.05) is 6.61 Å². The van der Waals surface area contributed by atoms with Crippen molar-refractivity contribution in [2.24, 2.45) is 4.99 Å². The van der Waals surface area contributed by atoms with Gasteiger partial charge in [0.15, 0.2) is 0 Å². The highest BCUT2D eigenvalue weighted by Crippen LogP contribution is 2.26. The number of hydrogen-bond donors (Lipinski definition) is 1. The minimum absolute atomic E-state index is 0.0909. The second-order valence-electron chi connectivity index (χ2n) is 9.10. The third kappa shape index (κ3) is 9.25. The van der Waals surface area contributed by atoms with Crippen molar-refractivity contribution in [1.82, 2.24) is 0 Å². The molecule has 0 aromatic heterocycles. The van der Waals surface area contributed by atoms with Crippen LogP contribution in [0.1, 0.15) is 79.8 Å². The van der Waals surface area contributed by atoms with Crippen molar-refractivity contribution in [3.05, 3.63) is 82.4 Å². The minimum Gasteiger partial charge on any atom is -0.507 e. The number of halogens is 1. The normalized spacial score (nSPS) is 11.1. The van der Waals surface area contributed by atoms with Crippen LogP contribution in [0, 0.1) is 6.92 Å². The van der Waals surface area contributed by atoms with Crippen LogP contribution in [0.25, 0.3) is 0 Å². The van der Waals surface area contributed by atoms with E-state index >= 15 is 0 Å². The molecule has 0 amide bonds. The number of benzene rings is 3. The first-order valence-corrected chi connectivity index (χ1v) is 13.4. The summed E-state index contributed by atoms with van der Waals surface area (Å²) in [5.74, 6) is 0.670. The van der Waals surface area contributed by atoms with Gasteiger partial charge in [0.2, 0.25) is 0 Å². The fourth-order valence-electron chi connectivity index (χ4n) is 3.94. The summed E-state index contributed by atoms with van der Waals surface area (Å²) in [5, 5.41) is 11.0. The highest BCUT2D eigenvalue weighted by Gasteiger charge is 2.14. The van der Waals surface area contributed by atoms with Crippen molar-refractivity contribution < 1.29 is 19.4 Å². The summed E-state index contributed by atoms with van der Waals surface area (Å²) in [5.41, 5.74) is 2.27. The molecule has 37 heavy (non-hydrogen) atoms. The van der Waals surface area contributed by atoms with Gasteiger partial charge < -0.3 is 14.6 Å². The lowest BCUT2D eigenvalue weighted by molar-refractivity contribution is 0.0734. The molecule has 3 rings (SSSR count). The van der Waals surface area contributed by atoms with Crippen LogP contribution in [0.3, 0.4) is 0 Å². The van der Waals surface area contributed by atoms with E-state index in [1.165, 1.54) is 38.5 Å². The number of aromatic hydroxyl groups is 1. The Kier molecular flexibility index (Phi) is 11.5. The number of phenolic OH excluding ortho intramolecular Hbond substituents is 1. The number of nitrogens with zero attached hydrogens (tertiary/aromatic N) is 1. The maximum absolute atomic E-state index is 12.7. The molecular weight excluding hydrogens is 486 g/mol. The van der Waals surface area contributed by atoms with Gasteiger partial charge in [-0.15, -0.1) is 0 Å². The summed E-state index contributed by atoms with van der Waals surface area (Å²) in [6.07, 6.45) is 11.6. The SMILES string of the molecule is CCCCCCCCCCOc1ccc(C=Nc2cccc(C(=O)Oc3ccc(Cl)cc3)c2C)c(O)c1. The second-order valence-corrected chi connectivity index (χ2v) is 9.53. The molecule has 6 heteroatoms. The molecule has 5 nitrogen and oxygen atoms in total. The monoisotopic (exact) mass is 521 g/mol. The maximum atomic E-state index is 12.7. The summed E-state index contributed by atoms with van der Waals surface area (Å²) in [7, 11) is 0. The molecule has 0 fully saturated rings. The average Bonchev–Trinajstić information content (AvgIpc) is 2.89. The van der Waals surface area contributed by atoms with Crippen LogP contribution in [0.2, 0.25) is 5.02 Å². The zero-order valence-corrected chi connectivity index (χ0v) is 22.5. The molecule has 0 aliphatic carbocycles. The highest BCUT2D eigenvalue weighted by molar-refractivity contribution is 6.30. The summed E-state index contributed by atoms with van der Waals surface area (Å²) < 4.78 is 11.3. The summed E-state index contributed by atoms with van der Waals surface area (Å²) >= 11 is 5.89. The standard InChI is InChI=1S/C31H36ClNO4/c1-3-4-5-6-7-8-9-10-20-36-27-17-14-24(30(34)21-27)22-33-29-13-11-12-28(23(29)2)31(35)37-26-18-15-25(32)16-19-26/h11-19,21-22,34H,3-10,20H2,1-2H3. The van der Waals surface area contributed by atoms with Crippen LogP contribution in [-0.4, -0.2) is 23.9 Å². The first-order valence-electron chi connectivity index (χ1n) is 13.0.